The Morgan fingerprint density at radius 2 is 1.73 bits per heavy atom. The number of rotatable bonds is 6. The van der Waals surface area contributed by atoms with Gasteiger partial charge >= 0.3 is 5.97 Å². The first-order chi connectivity index (χ1) is 12.5. The van der Waals surface area contributed by atoms with Crippen LogP contribution in [0.25, 0.3) is 0 Å². The first-order valence-electron chi connectivity index (χ1n) is 8.40. The third kappa shape index (κ3) is 4.10. The molecule has 0 aliphatic carbocycles. The molecule has 0 heterocycles. The molecule has 3 rings (SSSR count). The average molecular weight is 347 g/mol. The number of carboxylic acid groups (broad SMARTS) is 1. The summed E-state index contributed by atoms with van der Waals surface area (Å²) >= 11 is 0. The van der Waals surface area contributed by atoms with E-state index < -0.39 is 5.97 Å². The maximum atomic E-state index is 11.0. The Kier molecular flexibility index (Phi) is 5.34. The molecule has 0 aliphatic heterocycles. The van der Waals surface area contributed by atoms with Crippen molar-refractivity contribution in [2.45, 2.75) is 19.6 Å². The van der Waals surface area contributed by atoms with E-state index in [9.17, 15) is 4.79 Å². The molecule has 132 valence electrons. The summed E-state index contributed by atoms with van der Waals surface area (Å²) in [5.41, 5.74) is 10.5. The number of hydrogen-bond donors (Lipinski definition) is 2. The van der Waals surface area contributed by atoms with Crippen molar-refractivity contribution in [3.05, 3.63) is 101 Å². The van der Waals surface area contributed by atoms with Gasteiger partial charge in [0, 0.05) is 0 Å². The second-order valence-electron chi connectivity index (χ2n) is 6.20. The highest BCUT2D eigenvalue weighted by molar-refractivity contribution is 5.87. The highest BCUT2D eigenvalue weighted by Gasteiger charge is 2.10. The zero-order chi connectivity index (χ0) is 18.5. The molecule has 3 aromatic carbocycles. The van der Waals surface area contributed by atoms with Gasteiger partial charge in [-0.25, -0.2) is 4.79 Å². The Bertz CT molecular complexity index is 906. The van der Waals surface area contributed by atoms with Crippen LogP contribution in [0.5, 0.6) is 5.75 Å². The molecular formula is C22H21NO3. The molecule has 0 spiro atoms. The fourth-order valence-electron chi connectivity index (χ4n) is 2.80. The molecular weight excluding hydrogens is 326 g/mol. The normalized spacial score (nSPS) is 11.8. The summed E-state index contributed by atoms with van der Waals surface area (Å²) in [4.78, 5) is 11.0. The van der Waals surface area contributed by atoms with Crippen molar-refractivity contribution in [2.75, 3.05) is 0 Å². The second kappa shape index (κ2) is 7.85. The van der Waals surface area contributed by atoms with Gasteiger partial charge < -0.3 is 15.6 Å². The summed E-state index contributed by atoms with van der Waals surface area (Å²) in [6, 6.07) is 22.5. The number of hydrogen-bond acceptors (Lipinski definition) is 3. The Morgan fingerprint density at radius 1 is 1.00 bits per heavy atom. The van der Waals surface area contributed by atoms with E-state index in [1.807, 2.05) is 61.5 Å². The van der Waals surface area contributed by atoms with Gasteiger partial charge in [0.15, 0.2) is 0 Å². The van der Waals surface area contributed by atoms with Crippen molar-refractivity contribution >= 4 is 5.97 Å². The minimum Gasteiger partial charge on any atom is -0.489 e. The number of ether oxygens (including phenoxy) is 1. The van der Waals surface area contributed by atoms with E-state index in [0.717, 1.165) is 28.0 Å². The molecule has 26 heavy (non-hydrogen) atoms. The standard InChI is InChI=1S/C22H21NO3/c1-15-12-18(22(24)25)10-11-19(15)14-26-20-9-5-8-17(13-20)21(23)16-6-3-2-4-7-16/h2-13,21H,14,23H2,1H3,(H,24,25). The smallest absolute Gasteiger partial charge is 0.335 e. The highest BCUT2D eigenvalue weighted by atomic mass is 16.5. The number of benzene rings is 3. The Labute approximate surface area is 152 Å². The molecule has 1 unspecified atom stereocenters. The summed E-state index contributed by atoms with van der Waals surface area (Å²) in [6.07, 6.45) is 0. The van der Waals surface area contributed by atoms with Crippen LogP contribution in [-0.4, -0.2) is 11.1 Å². The van der Waals surface area contributed by atoms with E-state index >= 15 is 0 Å². The first-order valence-corrected chi connectivity index (χ1v) is 8.40. The Hall–Kier alpha value is -3.11. The number of nitrogens with two attached hydrogens (primary N) is 1. The average Bonchev–Trinajstić information content (AvgIpc) is 2.67. The number of carbonyl (C=O) groups is 1. The highest BCUT2D eigenvalue weighted by Crippen LogP contribution is 2.24. The van der Waals surface area contributed by atoms with Gasteiger partial charge in [0.25, 0.3) is 0 Å². The van der Waals surface area contributed by atoms with Crippen molar-refractivity contribution in [3.8, 4) is 5.75 Å². The monoisotopic (exact) mass is 347 g/mol. The zero-order valence-electron chi connectivity index (χ0n) is 14.6. The van der Waals surface area contributed by atoms with Gasteiger partial charge in [-0.05, 0) is 53.4 Å². The van der Waals surface area contributed by atoms with Gasteiger partial charge in [0.2, 0.25) is 0 Å². The molecule has 0 saturated heterocycles. The largest absolute Gasteiger partial charge is 0.489 e. The molecule has 0 fully saturated rings. The van der Waals surface area contributed by atoms with Crippen LogP contribution in [0.4, 0.5) is 0 Å². The van der Waals surface area contributed by atoms with E-state index in [4.69, 9.17) is 15.6 Å². The lowest BCUT2D eigenvalue weighted by atomic mass is 9.99. The first kappa shape index (κ1) is 17.7. The summed E-state index contributed by atoms with van der Waals surface area (Å²) in [5.74, 6) is -0.196. The second-order valence-corrected chi connectivity index (χ2v) is 6.20. The Balaban J connectivity index is 1.72. The molecule has 0 saturated carbocycles. The molecule has 4 nitrogen and oxygen atoms in total. The van der Waals surface area contributed by atoms with Crippen molar-refractivity contribution in [1.82, 2.24) is 0 Å². The van der Waals surface area contributed by atoms with Crippen LogP contribution in [0.3, 0.4) is 0 Å². The predicted molar refractivity (Wildman–Crippen MR) is 101 cm³/mol. The van der Waals surface area contributed by atoms with Gasteiger partial charge in [-0.15, -0.1) is 0 Å². The van der Waals surface area contributed by atoms with Crippen LogP contribution < -0.4 is 10.5 Å². The molecule has 3 N–H and O–H groups in total. The van der Waals surface area contributed by atoms with Crippen molar-refractivity contribution in [1.29, 1.82) is 0 Å². The van der Waals surface area contributed by atoms with E-state index in [0.29, 0.717) is 6.61 Å². The lowest BCUT2D eigenvalue weighted by molar-refractivity contribution is 0.0696. The van der Waals surface area contributed by atoms with Crippen molar-refractivity contribution in [2.24, 2.45) is 5.73 Å². The van der Waals surface area contributed by atoms with E-state index in [1.165, 1.54) is 0 Å². The number of aryl methyl sites for hydroxylation is 1. The molecule has 4 heteroatoms. The topological polar surface area (TPSA) is 72.5 Å². The predicted octanol–water partition coefficient (Wildman–Crippen LogP) is 4.32. The summed E-state index contributed by atoms with van der Waals surface area (Å²) < 4.78 is 5.90. The van der Waals surface area contributed by atoms with Crippen molar-refractivity contribution < 1.29 is 14.6 Å². The molecule has 0 radical (unpaired) electrons. The zero-order valence-corrected chi connectivity index (χ0v) is 14.6. The van der Waals surface area contributed by atoms with Gasteiger partial charge in [-0.2, -0.15) is 0 Å². The van der Waals surface area contributed by atoms with E-state index in [-0.39, 0.29) is 11.6 Å². The van der Waals surface area contributed by atoms with Crippen molar-refractivity contribution in [3.63, 3.8) is 0 Å². The fraction of sp³-hybridized carbons (Fsp3) is 0.136. The number of aromatic carboxylic acids is 1. The maximum Gasteiger partial charge on any atom is 0.335 e. The minimum atomic E-state index is -0.928. The molecule has 3 aromatic rings. The van der Waals surface area contributed by atoms with Gasteiger partial charge in [0.1, 0.15) is 12.4 Å². The van der Waals surface area contributed by atoms with Crippen LogP contribution in [0.2, 0.25) is 0 Å². The number of carboxylic acids is 1. The Morgan fingerprint density at radius 3 is 2.42 bits per heavy atom. The molecule has 0 aliphatic rings. The van der Waals surface area contributed by atoms with Gasteiger partial charge in [-0.3, -0.25) is 0 Å². The molecule has 0 amide bonds. The van der Waals surface area contributed by atoms with Crippen LogP contribution in [0, 0.1) is 6.92 Å². The summed E-state index contributed by atoms with van der Waals surface area (Å²) in [5, 5.41) is 9.04. The lowest BCUT2D eigenvalue weighted by Gasteiger charge is -2.15. The third-order valence-electron chi connectivity index (χ3n) is 4.36. The van der Waals surface area contributed by atoms with E-state index in [2.05, 4.69) is 0 Å². The molecule has 0 aromatic heterocycles. The lowest BCUT2D eigenvalue weighted by Crippen LogP contribution is -2.11. The summed E-state index contributed by atoms with van der Waals surface area (Å²) in [6.45, 7) is 2.25. The minimum absolute atomic E-state index is 0.212. The fourth-order valence-corrected chi connectivity index (χ4v) is 2.80. The van der Waals surface area contributed by atoms with Crippen LogP contribution in [-0.2, 0) is 6.61 Å². The quantitative estimate of drug-likeness (QED) is 0.696. The molecule has 1 atom stereocenters. The SMILES string of the molecule is Cc1cc(C(=O)O)ccc1COc1cccc(C(N)c2ccccc2)c1. The molecule has 0 bridgehead atoms. The van der Waals surface area contributed by atoms with Crippen LogP contribution in [0.15, 0.2) is 72.8 Å². The van der Waals surface area contributed by atoms with Gasteiger partial charge in [-0.1, -0.05) is 48.5 Å². The van der Waals surface area contributed by atoms with Crippen LogP contribution >= 0.6 is 0 Å². The van der Waals surface area contributed by atoms with Crippen LogP contribution in [0.1, 0.15) is 38.7 Å². The van der Waals surface area contributed by atoms with E-state index in [1.54, 1.807) is 18.2 Å². The van der Waals surface area contributed by atoms with Gasteiger partial charge in [0.05, 0.1) is 11.6 Å². The maximum absolute atomic E-state index is 11.0. The summed E-state index contributed by atoms with van der Waals surface area (Å²) in [7, 11) is 0. The third-order valence-corrected chi connectivity index (χ3v) is 4.36.